The van der Waals surface area contributed by atoms with Gasteiger partial charge < -0.3 is 14.8 Å². The number of nitrogens with one attached hydrogen (secondary N) is 1. The highest BCUT2D eigenvalue weighted by Gasteiger charge is 2.22. The molecule has 2 aromatic rings. The van der Waals surface area contributed by atoms with Gasteiger partial charge >= 0.3 is 11.9 Å². The van der Waals surface area contributed by atoms with Crippen LogP contribution in [-0.2, 0) is 31.9 Å². The number of methoxy groups -OCH3 is 1. The maximum Gasteiger partial charge on any atom is 0.338 e. The van der Waals surface area contributed by atoms with Crippen LogP contribution in [0, 0.1) is 0 Å². The van der Waals surface area contributed by atoms with Gasteiger partial charge in [-0.25, -0.2) is 9.59 Å². The molecule has 0 spiro atoms. The molecule has 0 aromatic heterocycles. The summed E-state index contributed by atoms with van der Waals surface area (Å²) in [5, 5.41) is 2.75. The van der Waals surface area contributed by atoms with E-state index in [2.05, 4.69) is 5.32 Å². The van der Waals surface area contributed by atoms with E-state index in [4.69, 9.17) is 9.47 Å². The van der Waals surface area contributed by atoms with E-state index in [-0.39, 0.29) is 18.7 Å². The van der Waals surface area contributed by atoms with Crippen LogP contribution in [0.5, 0.6) is 0 Å². The Hall–Kier alpha value is -3.15. The molecule has 0 heterocycles. The second-order valence-electron chi connectivity index (χ2n) is 8.03. The molecule has 1 N–H and O–H groups in total. The highest BCUT2D eigenvalue weighted by atomic mass is 16.6. The predicted octanol–water partition coefficient (Wildman–Crippen LogP) is 3.48. The summed E-state index contributed by atoms with van der Waals surface area (Å²) >= 11 is 0. The minimum absolute atomic E-state index is 0.223. The van der Waals surface area contributed by atoms with E-state index in [0.717, 1.165) is 11.1 Å². The molecule has 0 fully saturated rings. The summed E-state index contributed by atoms with van der Waals surface area (Å²) < 4.78 is 10.2. The van der Waals surface area contributed by atoms with Gasteiger partial charge in [0.15, 0.2) is 0 Å². The Balaban J connectivity index is 1.97. The fourth-order valence-electron chi connectivity index (χ4n) is 2.85. The van der Waals surface area contributed by atoms with Crippen LogP contribution in [0.3, 0.4) is 0 Å². The topological polar surface area (TPSA) is 81.7 Å². The highest BCUT2D eigenvalue weighted by molar-refractivity contribution is 5.89. The summed E-state index contributed by atoms with van der Waals surface area (Å²) in [6.07, 6.45) is 1.12. The fraction of sp³-hybridized carbons (Fsp3) is 0.375. The van der Waals surface area contributed by atoms with E-state index in [1.165, 1.54) is 7.11 Å². The molecule has 0 bridgehead atoms. The average molecular weight is 411 g/mol. The van der Waals surface area contributed by atoms with Crippen LogP contribution in [0.15, 0.2) is 54.6 Å². The number of hydrogen-bond donors (Lipinski definition) is 1. The maximum absolute atomic E-state index is 12.3. The molecular formula is C24H29NO5. The van der Waals surface area contributed by atoms with Crippen LogP contribution >= 0.6 is 0 Å². The van der Waals surface area contributed by atoms with E-state index in [9.17, 15) is 14.4 Å². The first-order chi connectivity index (χ1) is 14.2. The third-order valence-electron chi connectivity index (χ3n) is 4.33. The van der Waals surface area contributed by atoms with Crippen LogP contribution in [0.4, 0.5) is 0 Å². The first kappa shape index (κ1) is 23.1. The lowest BCUT2D eigenvalue weighted by molar-refractivity contribution is -0.145. The van der Waals surface area contributed by atoms with Crippen molar-refractivity contribution in [2.24, 2.45) is 0 Å². The average Bonchev–Trinajstić information content (AvgIpc) is 2.71. The van der Waals surface area contributed by atoms with Gasteiger partial charge in [-0.2, -0.15) is 0 Å². The molecule has 0 saturated heterocycles. The molecule has 0 aliphatic rings. The summed E-state index contributed by atoms with van der Waals surface area (Å²) in [5.41, 5.74) is 1.70. The largest absolute Gasteiger partial charge is 0.467 e. The number of hydrogen-bond acceptors (Lipinski definition) is 5. The number of rotatable bonds is 8. The molecule has 0 unspecified atom stereocenters. The van der Waals surface area contributed by atoms with Crippen LogP contribution in [-0.4, -0.2) is 36.6 Å². The second kappa shape index (κ2) is 10.6. The lowest BCUT2D eigenvalue weighted by Crippen LogP contribution is -2.43. The van der Waals surface area contributed by atoms with Crippen LogP contribution in [0.2, 0.25) is 0 Å². The number of esters is 2. The van der Waals surface area contributed by atoms with Crippen molar-refractivity contribution in [3.8, 4) is 0 Å². The van der Waals surface area contributed by atoms with Crippen molar-refractivity contribution in [2.75, 3.05) is 7.11 Å². The van der Waals surface area contributed by atoms with E-state index in [1.54, 1.807) is 45.0 Å². The minimum Gasteiger partial charge on any atom is -0.467 e. The maximum atomic E-state index is 12.3. The normalized spacial score (nSPS) is 12.0. The van der Waals surface area contributed by atoms with Crippen molar-refractivity contribution in [1.82, 2.24) is 5.32 Å². The molecule has 0 saturated carbocycles. The Labute approximate surface area is 177 Å². The van der Waals surface area contributed by atoms with Gasteiger partial charge in [0.05, 0.1) is 12.7 Å². The van der Waals surface area contributed by atoms with Gasteiger partial charge in [0.1, 0.15) is 11.6 Å². The molecule has 1 amide bonds. The molecule has 1 atom stereocenters. The number of carbonyl (C=O) groups is 3. The molecule has 30 heavy (non-hydrogen) atoms. The van der Waals surface area contributed by atoms with Gasteiger partial charge in [-0.05, 0) is 50.5 Å². The number of carbonyl (C=O) groups excluding carboxylic acids is 3. The van der Waals surface area contributed by atoms with Crippen LogP contribution < -0.4 is 5.32 Å². The molecule has 0 radical (unpaired) electrons. The molecule has 0 aliphatic heterocycles. The van der Waals surface area contributed by atoms with Gasteiger partial charge in [0, 0.05) is 12.8 Å². The van der Waals surface area contributed by atoms with E-state index < -0.39 is 23.6 Å². The fourth-order valence-corrected chi connectivity index (χ4v) is 2.85. The Morgan fingerprint density at radius 1 is 0.933 bits per heavy atom. The molecule has 160 valence electrons. The first-order valence-corrected chi connectivity index (χ1v) is 9.91. The SMILES string of the molecule is COC(=O)[C@@H](Cc1ccc(C(=O)OC(C)(C)C)cc1)NC(=O)CCc1ccccc1. The summed E-state index contributed by atoms with van der Waals surface area (Å²) in [6.45, 7) is 5.42. The summed E-state index contributed by atoms with van der Waals surface area (Å²) in [4.78, 5) is 36.6. The number of amides is 1. The third kappa shape index (κ3) is 7.70. The number of ether oxygens (including phenoxy) is 2. The summed E-state index contributed by atoms with van der Waals surface area (Å²) in [5.74, 6) is -1.15. The Bertz CT molecular complexity index is 853. The molecule has 6 nitrogen and oxygen atoms in total. The van der Waals surface area contributed by atoms with Crippen LogP contribution in [0.25, 0.3) is 0 Å². The monoisotopic (exact) mass is 411 g/mol. The van der Waals surface area contributed by atoms with E-state index >= 15 is 0 Å². The van der Waals surface area contributed by atoms with Gasteiger partial charge in [0.2, 0.25) is 5.91 Å². The summed E-state index contributed by atoms with van der Waals surface area (Å²) in [6, 6.07) is 15.7. The zero-order valence-electron chi connectivity index (χ0n) is 17.9. The summed E-state index contributed by atoms with van der Waals surface area (Å²) in [7, 11) is 1.29. The zero-order chi connectivity index (χ0) is 22.1. The lowest BCUT2D eigenvalue weighted by Gasteiger charge is -2.20. The van der Waals surface area contributed by atoms with Crippen molar-refractivity contribution in [2.45, 2.75) is 51.7 Å². The second-order valence-corrected chi connectivity index (χ2v) is 8.03. The molecule has 0 aliphatic carbocycles. The number of aryl methyl sites for hydroxylation is 1. The zero-order valence-corrected chi connectivity index (χ0v) is 17.9. The van der Waals surface area contributed by atoms with Gasteiger partial charge in [-0.15, -0.1) is 0 Å². The van der Waals surface area contributed by atoms with Gasteiger partial charge in [-0.1, -0.05) is 42.5 Å². The predicted molar refractivity (Wildman–Crippen MR) is 114 cm³/mol. The Kier molecular flexibility index (Phi) is 8.16. The molecule has 2 aromatic carbocycles. The van der Waals surface area contributed by atoms with Crippen molar-refractivity contribution in [3.05, 3.63) is 71.3 Å². The van der Waals surface area contributed by atoms with Gasteiger partial charge in [-0.3, -0.25) is 4.79 Å². The van der Waals surface area contributed by atoms with E-state index in [0.29, 0.717) is 12.0 Å². The van der Waals surface area contributed by atoms with Crippen molar-refractivity contribution >= 4 is 17.8 Å². The Morgan fingerprint density at radius 3 is 2.13 bits per heavy atom. The quantitative estimate of drug-likeness (QED) is 0.673. The number of benzene rings is 2. The van der Waals surface area contributed by atoms with Gasteiger partial charge in [0.25, 0.3) is 0 Å². The standard InChI is InChI=1S/C24H29NO5/c1-24(2,3)30-22(27)19-13-10-18(11-14-19)16-20(23(28)29-4)25-21(26)15-12-17-8-6-5-7-9-17/h5-11,13-14,20H,12,15-16H2,1-4H3,(H,25,26)/t20-/m1/s1. The molecule has 2 rings (SSSR count). The molecular weight excluding hydrogens is 382 g/mol. The Morgan fingerprint density at radius 2 is 1.57 bits per heavy atom. The highest BCUT2D eigenvalue weighted by Crippen LogP contribution is 2.14. The van der Waals surface area contributed by atoms with Crippen LogP contribution in [0.1, 0.15) is 48.7 Å². The van der Waals surface area contributed by atoms with Crippen molar-refractivity contribution in [3.63, 3.8) is 0 Å². The third-order valence-corrected chi connectivity index (χ3v) is 4.33. The van der Waals surface area contributed by atoms with Crippen molar-refractivity contribution < 1.29 is 23.9 Å². The van der Waals surface area contributed by atoms with E-state index in [1.807, 2.05) is 30.3 Å². The first-order valence-electron chi connectivity index (χ1n) is 9.91. The van der Waals surface area contributed by atoms with Crippen molar-refractivity contribution in [1.29, 1.82) is 0 Å². The molecule has 6 heteroatoms. The smallest absolute Gasteiger partial charge is 0.338 e. The minimum atomic E-state index is -0.800. The lowest BCUT2D eigenvalue weighted by atomic mass is 10.0.